The first-order valence-electron chi connectivity index (χ1n) is 6.28. The van der Waals surface area contributed by atoms with E-state index in [4.69, 9.17) is 5.14 Å². The number of halogens is 1. The summed E-state index contributed by atoms with van der Waals surface area (Å²) in [5.41, 5.74) is 1.52. The van der Waals surface area contributed by atoms with Crippen LogP contribution < -0.4 is 10.0 Å². The normalized spacial score (nSPS) is 19.6. The van der Waals surface area contributed by atoms with E-state index in [9.17, 15) is 13.2 Å². The van der Waals surface area contributed by atoms with Crippen molar-refractivity contribution in [3.8, 4) is 0 Å². The summed E-state index contributed by atoms with van der Waals surface area (Å²) in [4.78, 5) is 13.7. The Morgan fingerprint density at radius 3 is 2.95 bits per heavy atom. The maximum absolute atomic E-state index is 12.1. The smallest absolute Gasteiger partial charge is 0.227 e. The Labute approximate surface area is 129 Å². The molecule has 2 heterocycles. The zero-order chi connectivity index (χ0) is 15.2. The molecule has 0 saturated carbocycles. The average molecular weight is 373 g/mol. The quantitative estimate of drug-likeness (QED) is 0.835. The van der Waals surface area contributed by atoms with E-state index in [0.717, 1.165) is 21.2 Å². The molecule has 1 aliphatic heterocycles. The number of carbonyl (C=O) groups is 1. The minimum atomic E-state index is -3.57. The Kier molecular flexibility index (Phi) is 3.50. The Morgan fingerprint density at radius 2 is 2.24 bits per heavy atom. The van der Waals surface area contributed by atoms with Crippen molar-refractivity contribution >= 4 is 48.5 Å². The van der Waals surface area contributed by atoms with Crippen LogP contribution in [0.25, 0.3) is 10.9 Å². The van der Waals surface area contributed by atoms with Crippen molar-refractivity contribution in [2.75, 3.05) is 17.2 Å². The van der Waals surface area contributed by atoms with Gasteiger partial charge in [0, 0.05) is 30.0 Å². The number of hydrogen-bond acceptors (Lipinski definition) is 4. The second-order valence-electron chi connectivity index (χ2n) is 5.14. The Bertz CT molecular complexity index is 817. The summed E-state index contributed by atoms with van der Waals surface area (Å²) >= 11 is 3.36. The summed E-state index contributed by atoms with van der Waals surface area (Å²) in [5.74, 6) is -0.536. The van der Waals surface area contributed by atoms with Crippen LogP contribution in [0.2, 0.25) is 0 Å². The zero-order valence-corrected chi connectivity index (χ0v) is 13.3. The summed E-state index contributed by atoms with van der Waals surface area (Å²) in [7, 11) is -3.57. The fourth-order valence-corrected chi connectivity index (χ4v) is 3.89. The number of amides is 1. The van der Waals surface area contributed by atoms with Crippen LogP contribution in [0.15, 0.2) is 22.8 Å². The first-order chi connectivity index (χ1) is 9.83. The highest BCUT2D eigenvalue weighted by molar-refractivity contribution is 9.10. The Balaban J connectivity index is 1.88. The highest BCUT2D eigenvalue weighted by Crippen LogP contribution is 2.30. The van der Waals surface area contributed by atoms with Crippen LogP contribution in [-0.2, 0) is 14.8 Å². The van der Waals surface area contributed by atoms with Crippen LogP contribution >= 0.6 is 15.9 Å². The summed E-state index contributed by atoms with van der Waals surface area (Å²) in [6.45, 7) is 0.357. The number of aromatic nitrogens is 2. The van der Waals surface area contributed by atoms with E-state index in [1.165, 1.54) is 0 Å². The number of benzene rings is 1. The molecule has 1 aromatic heterocycles. The van der Waals surface area contributed by atoms with E-state index in [1.54, 1.807) is 11.0 Å². The lowest BCUT2D eigenvalue weighted by atomic mass is 10.1. The second-order valence-corrected chi connectivity index (χ2v) is 7.60. The number of nitrogens with one attached hydrogen (secondary N) is 1. The number of rotatable bonds is 3. The minimum Gasteiger partial charge on any atom is -0.312 e. The highest BCUT2D eigenvalue weighted by Gasteiger charge is 2.32. The molecule has 1 atom stereocenters. The third-order valence-corrected chi connectivity index (χ3v) is 5.02. The van der Waals surface area contributed by atoms with E-state index >= 15 is 0 Å². The fourth-order valence-electron chi connectivity index (χ4n) is 2.61. The van der Waals surface area contributed by atoms with Gasteiger partial charge in [0.15, 0.2) is 0 Å². The van der Waals surface area contributed by atoms with Crippen molar-refractivity contribution in [2.24, 2.45) is 11.1 Å². The van der Waals surface area contributed by atoms with Crippen molar-refractivity contribution < 1.29 is 13.2 Å². The molecule has 0 radical (unpaired) electrons. The molecule has 1 aromatic carbocycles. The van der Waals surface area contributed by atoms with Gasteiger partial charge in [-0.05, 0) is 34.1 Å². The van der Waals surface area contributed by atoms with Gasteiger partial charge >= 0.3 is 0 Å². The van der Waals surface area contributed by atoms with Crippen molar-refractivity contribution in [1.29, 1.82) is 0 Å². The van der Waals surface area contributed by atoms with Gasteiger partial charge in [-0.25, -0.2) is 13.6 Å². The Morgan fingerprint density at radius 1 is 1.48 bits per heavy atom. The van der Waals surface area contributed by atoms with Gasteiger partial charge in [-0.1, -0.05) is 0 Å². The van der Waals surface area contributed by atoms with Crippen molar-refractivity contribution in [3.05, 3.63) is 22.8 Å². The zero-order valence-electron chi connectivity index (χ0n) is 10.9. The van der Waals surface area contributed by atoms with Crippen LogP contribution in [0.4, 0.5) is 5.69 Å². The number of sulfonamides is 1. The largest absolute Gasteiger partial charge is 0.312 e. The molecular weight excluding hydrogens is 360 g/mol. The maximum Gasteiger partial charge on any atom is 0.227 e. The summed E-state index contributed by atoms with van der Waals surface area (Å²) in [6, 6.07) is 5.46. The van der Waals surface area contributed by atoms with E-state index in [-0.39, 0.29) is 24.0 Å². The molecule has 112 valence electrons. The second kappa shape index (κ2) is 5.08. The monoisotopic (exact) mass is 372 g/mol. The lowest BCUT2D eigenvalue weighted by Crippen LogP contribution is -2.27. The lowest BCUT2D eigenvalue weighted by molar-refractivity contribution is -0.117. The first-order valence-corrected chi connectivity index (χ1v) is 8.79. The lowest BCUT2D eigenvalue weighted by Gasteiger charge is -2.16. The van der Waals surface area contributed by atoms with Gasteiger partial charge in [0.25, 0.3) is 0 Å². The van der Waals surface area contributed by atoms with Gasteiger partial charge in [0.2, 0.25) is 15.9 Å². The van der Waals surface area contributed by atoms with Crippen molar-refractivity contribution in [3.63, 3.8) is 0 Å². The van der Waals surface area contributed by atoms with Gasteiger partial charge < -0.3 is 4.90 Å². The molecule has 21 heavy (non-hydrogen) atoms. The van der Waals surface area contributed by atoms with Gasteiger partial charge in [0.05, 0.1) is 11.3 Å². The van der Waals surface area contributed by atoms with Gasteiger partial charge in [-0.15, -0.1) is 0 Å². The van der Waals surface area contributed by atoms with E-state index < -0.39 is 10.0 Å². The molecule has 3 rings (SSSR count). The number of hydrogen-bond donors (Lipinski definition) is 2. The predicted octanol–water partition coefficient (Wildman–Crippen LogP) is 0.967. The number of H-pyrrole nitrogens is 1. The standard InChI is InChI=1S/C12H13BrN4O3S/c13-12-9-4-8(1-2-10(9)15-16-12)17-5-7(3-11(17)18)6-21(14,19)20/h1-2,4,7H,3,5-6H2,(H,15,16)(H2,14,19,20). The predicted molar refractivity (Wildman–Crippen MR) is 82.2 cm³/mol. The van der Waals surface area contributed by atoms with Crippen molar-refractivity contribution in [2.45, 2.75) is 6.42 Å². The molecule has 1 unspecified atom stereocenters. The van der Waals surface area contributed by atoms with Gasteiger partial charge in [-0.3, -0.25) is 9.89 Å². The molecule has 1 amide bonds. The number of aromatic amines is 1. The maximum atomic E-state index is 12.1. The van der Waals surface area contributed by atoms with Crippen LogP contribution in [0.1, 0.15) is 6.42 Å². The van der Waals surface area contributed by atoms with E-state index in [1.807, 2.05) is 12.1 Å². The topological polar surface area (TPSA) is 109 Å². The minimum absolute atomic E-state index is 0.0948. The number of carbonyl (C=O) groups excluding carboxylic acids is 1. The third-order valence-electron chi connectivity index (χ3n) is 3.48. The van der Waals surface area contributed by atoms with E-state index in [0.29, 0.717) is 6.54 Å². The molecule has 0 aliphatic carbocycles. The fraction of sp³-hybridized carbons (Fsp3) is 0.333. The first kappa shape index (κ1) is 14.5. The molecule has 1 fully saturated rings. The van der Waals surface area contributed by atoms with E-state index in [2.05, 4.69) is 26.1 Å². The molecule has 1 saturated heterocycles. The SMILES string of the molecule is NS(=O)(=O)CC1CC(=O)N(c2ccc3n[nH]c(Br)c3c2)C1. The Hall–Kier alpha value is -1.45. The van der Waals surface area contributed by atoms with Crippen LogP contribution in [-0.4, -0.2) is 36.8 Å². The number of nitrogens with two attached hydrogens (primary N) is 1. The number of primary sulfonamides is 1. The summed E-state index contributed by atoms with van der Waals surface area (Å²) in [5, 5.41) is 12.8. The van der Waals surface area contributed by atoms with Crippen LogP contribution in [0.5, 0.6) is 0 Å². The number of nitrogens with zero attached hydrogens (tertiary/aromatic N) is 2. The summed E-state index contributed by atoms with van der Waals surface area (Å²) in [6.07, 6.45) is 0.195. The van der Waals surface area contributed by atoms with Crippen LogP contribution in [0.3, 0.4) is 0 Å². The van der Waals surface area contributed by atoms with Crippen LogP contribution in [0, 0.1) is 5.92 Å². The van der Waals surface area contributed by atoms with Gasteiger partial charge in [0.1, 0.15) is 4.60 Å². The molecule has 0 spiro atoms. The average Bonchev–Trinajstić information content (AvgIpc) is 2.91. The molecule has 2 aromatic rings. The summed E-state index contributed by atoms with van der Waals surface area (Å²) < 4.78 is 23.0. The number of anilines is 1. The molecular formula is C12H13BrN4O3S. The van der Waals surface area contributed by atoms with Gasteiger partial charge in [-0.2, -0.15) is 5.10 Å². The molecule has 1 aliphatic rings. The molecule has 0 bridgehead atoms. The number of fused-ring (bicyclic) bond motifs is 1. The third kappa shape index (κ3) is 2.94. The van der Waals surface area contributed by atoms with Crippen molar-refractivity contribution in [1.82, 2.24) is 10.2 Å². The molecule has 9 heteroatoms. The molecule has 3 N–H and O–H groups in total. The molecule has 7 nitrogen and oxygen atoms in total. The highest BCUT2D eigenvalue weighted by atomic mass is 79.9.